The summed E-state index contributed by atoms with van der Waals surface area (Å²) in [6, 6.07) is 15.3. The maximum absolute atomic E-state index is 12.9. The first-order valence-corrected chi connectivity index (χ1v) is 15.6. The van der Waals surface area contributed by atoms with Crippen molar-refractivity contribution >= 4 is 15.9 Å². The molecule has 0 radical (unpaired) electrons. The minimum absolute atomic E-state index is 0.154. The number of hydrogen-bond acceptors (Lipinski definition) is 6. The van der Waals surface area contributed by atoms with Crippen LogP contribution in [-0.4, -0.2) is 68.4 Å². The summed E-state index contributed by atoms with van der Waals surface area (Å²) in [5.41, 5.74) is 3.22. The molecule has 39 heavy (non-hydrogen) atoms. The van der Waals surface area contributed by atoms with Crippen LogP contribution in [-0.2, 0) is 27.8 Å². The molecule has 0 aliphatic heterocycles. The van der Waals surface area contributed by atoms with Crippen LogP contribution in [0.15, 0.2) is 48.5 Å². The van der Waals surface area contributed by atoms with E-state index in [1.54, 1.807) is 7.11 Å². The molecular formula is C30H47N3O5S. The molecule has 0 heterocycles. The van der Waals surface area contributed by atoms with E-state index in [2.05, 4.69) is 36.6 Å². The Labute approximate surface area is 235 Å². The second-order valence-corrected chi connectivity index (χ2v) is 12.4. The van der Waals surface area contributed by atoms with Crippen molar-refractivity contribution in [3.05, 3.63) is 65.2 Å². The van der Waals surface area contributed by atoms with Crippen LogP contribution in [0.1, 0.15) is 69.6 Å². The molecule has 0 fully saturated rings. The van der Waals surface area contributed by atoms with Gasteiger partial charge in [0.05, 0.1) is 25.0 Å². The summed E-state index contributed by atoms with van der Waals surface area (Å²) in [7, 11) is -1.91. The standard InChI is InChI=1S/C30H47N3O5S/c1-6-16-33(17-7-2)39(36,37)18-15-30(35)32-28(20-24-11-13-26(14-12-24)23(3)4)29(34)22-31-21-25-9-8-10-27(19-25)38-5/h8-14,19,23,28-29,31,34H,6-7,15-18,20-22H2,1-5H3,(H,32,35)/t28-,29+/m0/s1. The first-order valence-electron chi connectivity index (χ1n) is 14.0. The Hall–Kier alpha value is -2.46. The van der Waals surface area contributed by atoms with Gasteiger partial charge >= 0.3 is 0 Å². The first-order chi connectivity index (χ1) is 18.6. The van der Waals surface area contributed by atoms with Gasteiger partial charge in [0.25, 0.3) is 0 Å². The highest BCUT2D eigenvalue weighted by molar-refractivity contribution is 7.89. The maximum Gasteiger partial charge on any atom is 0.221 e. The van der Waals surface area contributed by atoms with Crippen LogP contribution in [0.3, 0.4) is 0 Å². The third-order valence-corrected chi connectivity index (χ3v) is 8.53. The van der Waals surface area contributed by atoms with Crippen LogP contribution in [0.25, 0.3) is 0 Å². The second-order valence-electron chi connectivity index (χ2n) is 10.3. The Morgan fingerprint density at radius 3 is 2.28 bits per heavy atom. The number of sulfonamides is 1. The molecule has 218 valence electrons. The van der Waals surface area contributed by atoms with Crippen molar-refractivity contribution in [1.29, 1.82) is 0 Å². The van der Waals surface area contributed by atoms with Crippen LogP contribution in [0, 0.1) is 0 Å². The molecule has 9 heteroatoms. The van der Waals surface area contributed by atoms with Crippen molar-refractivity contribution in [2.45, 2.75) is 78.0 Å². The number of carbonyl (C=O) groups excluding carboxylic acids is 1. The Morgan fingerprint density at radius 1 is 1.03 bits per heavy atom. The van der Waals surface area contributed by atoms with Gasteiger partial charge in [0, 0.05) is 32.6 Å². The fourth-order valence-electron chi connectivity index (χ4n) is 4.38. The molecule has 3 N–H and O–H groups in total. The molecule has 0 saturated heterocycles. The Bertz CT molecular complexity index is 1100. The highest BCUT2D eigenvalue weighted by Crippen LogP contribution is 2.17. The van der Waals surface area contributed by atoms with E-state index >= 15 is 0 Å². The van der Waals surface area contributed by atoms with Crippen LogP contribution in [0.2, 0.25) is 0 Å². The summed E-state index contributed by atoms with van der Waals surface area (Å²) in [4.78, 5) is 12.9. The van der Waals surface area contributed by atoms with Gasteiger partial charge < -0.3 is 20.5 Å². The van der Waals surface area contributed by atoms with E-state index in [1.165, 1.54) is 9.87 Å². The molecule has 2 aromatic carbocycles. The van der Waals surface area contributed by atoms with E-state index < -0.39 is 22.2 Å². The van der Waals surface area contributed by atoms with E-state index in [4.69, 9.17) is 4.74 Å². The average Bonchev–Trinajstić information content (AvgIpc) is 2.92. The van der Waals surface area contributed by atoms with Crippen molar-refractivity contribution in [2.75, 3.05) is 32.5 Å². The number of hydrogen-bond donors (Lipinski definition) is 3. The number of carbonyl (C=O) groups is 1. The first kappa shape index (κ1) is 32.8. The molecule has 8 nitrogen and oxygen atoms in total. The fourth-order valence-corrected chi connectivity index (χ4v) is 6.01. The average molecular weight is 562 g/mol. The molecule has 0 aliphatic rings. The predicted octanol–water partition coefficient (Wildman–Crippen LogP) is 3.84. The third-order valence-electron chi connectivity index (χ3n) is 6.66. The minimum Gasteiger partial charge on any atom is -0.497 e. The molecule has 0 unspecified atom stereocenters. The minimum atomic E-state index is -3.53. The second kappa shape index (κ2) is 16.6. The quantitative estimate of drug-likeness (QED) is 0.255. The topological polar surface area (TPSA) is 108 Å². The SMILES string of the molecule is CCCN(CCC)S(=O)(=O)CCC(=O)N[C@@H](Cc1ccc(C(C)C)cc1)[C@H](O)CNCc1cccc(OC)c1. The van der Waals surface area contributed by atoms with Crippen molar-refractivity contribution < 1.29 is 23.1 Å². The number of aliphatic hydroxyl groups is 1. The highest BCUT2D eigenvalue weighted by Gasteiger charge is 2.25. The lowest BCUT2D eigenvalue weighted by Crippen LogP contribution is -2.49. The zero-order valence-electron chi connectivity index (χ0n) is 24.2. The molecule has 2 atom stereocenters. The van der Waals surface area contributed by atoms with Crippen LogP contribution >= 0.6 is 0 Å². The number of benzene rings is 2. The molecular weight excluding hydrogens is 514 g/mol. The predicted molar refractivity (Wildman–Crippen MR) is 157 cm³/mol. The van der Waals surface area contributed by atoms with Crippen molar-refractivity contribution in [1.82, 2.24) is 14.9 Å². The molecule has 1 amide bonds. The molecule has 2 aromatic rings. The van der Waals surface area contributed by atoms with Crippen molar-refractivity contribution in [3.8, 4) is 5.75 Å². The smallest absolute Gasteiger partial charge is 0.221 e. The van der Waals surface area contributed by atoms with Crippen molar-refractivity contribution in [2.24, 2.45) is 0 Å². The maximum atomic E-state index is 12.9. The monoisotopic (exact) mass is 561 g/mol. The van der Waals surface area contributed by atoms with E-state index in [1.807, 2.05) is 50.2 Å². The van der Waals surface area contributed by atoms with E-state index in [0.717, 1.165) is 29.7 Å². The third kappa shape index (κ3) is 11.3. The largest absolute Gasteiger partial charge is 0.497 e. The summed E-state index contributed by atoms with van der Waals surface area (Å²) in [6.07, 6.45) is 0.837. The van der Waals surface area contributed by atoms with Crippen LogP contribution < -0.4 is 15.4 Å². The van der Waals surface area contributed by atoms with E-state index in [-0.39, 0.29) is 24.6 Å². The van der Waals surface area contributed by atoms with Gasteiger partial charge in [0.2, 0.25) is 15.9 Å². The van der Waals surface area contributed by atoms with E-state index in [0.29, 0.717) is 32.0 Å². The number of nitrogens with one attached hydrogen (secondary N) is 2. The lowest BCUT2D eigenvalue weighted by molar-refractivity contribution is -0.122. The van der Waals surface area contributed by atoms with Crippen LogP contribution in [0.4, 0.5) is 0 Å². The van der Waals surface area contributed by atoms with Gasteiger partial charge in [-0.05, 0) is 54.0 Å². The number of ether oxygens (including phenoxy) is 1. The normalized spacial score (nSPS) is 13.4. The van der Waals surface area contributed by atoms with Crippen LogP contribution in [0.5, 0.6) is 5.75 Å². The van der Waals surface area contributed by atoms with Gasteiger partial charge in [-0.1, -0.05) is 64.1 Å². The molecule has 0 aromatic heterocycles. The molecule has 2 rings (SSSR count). The van der Waals surface area contributed by atoms with Gasteiger partial charge in [-0.15, -0.1) is 0 Å². The molecule has 0 bridgehead atoms. The summed E-state index contributed by atoms with van der Waals surface area (Å²) in [6.45, 7) is 9.82. The van der Waals surface area contributed by atoms with Gasteiger partial charge in [-0.2, -0.15) is 0 Å². The molecule has 0 saturated carbocycles. The zero-order valence-corrected chi connectivity index (χ0v) is 25.0. The number of aliphatic hydroxyl groups excluding tert-OH is 1. The number of rotatable bonds is 18. The lowest BCUT2D eigenvalue weighted by atomic mass is 9.97. The highest BCUT2D eigenvalue weighted by atomic mass is 32.2. The fraction of sp³-hybridized carbons (Fsp3) is 0.567. The number of amides is 1. The van der Waals surface area contributed by atoms with E-state index in [9.17, 15) is 18.3 Å². The Kier molecular flexibility index (Phi) is 13.9. The Balaban J connectivity index is 2.06. The molecule has 0 spiro atoms. The molecule has 0 aliphatic carbocycles. The zero-order chi connectivity index (χ0) is 28.8. The van der Waals surface area contributed by atoms with Gasteiger partial charge in [0.1, 0.15) is 5.75 Å². The van der Waals surface area contributed by atoms with Crippen molar-refractivity contribution in [3.63, 3.8) is 0 Å². The number of nitrogens with zero attached hydrogens (tertiary/aromatic N) is 1. The van der Waals surface area contributed by atoms with Gasteiger partial charge in [0.15, 0.2) is 0 Å². The van der Waals surface area contributed by atoms with Gasteiger partial charge in [-0.25, -0.2) is 12.7 Å². The summed E-state index contributed by atoms with van der Waals surface area (Å²) in [5.74, 6) is 0.528. The Morgan fingerprint density at radius 2 is 1.69 bits per heavy atom. The summed E-state index contributed by atoms with van der Waals surface area (Å²) in [5, 5.41) is 17.2. The van der Waals surface area contributed by atoms with Gasteiger partial charge in [-0.3, -0.25) is 4.79 Å². The lowest BCUT2D eigenvalue weighted by Gasteiger charge is -2.26. The summed E-state index contributed by atoms with van der Waals surface area (Å²) >= 11 is 0. The summed E-state index contributed by atoms with van der Waals surface area (Å²) < 4.78 is 32.4. The number of methoxy groups -OCH3 is 1.